The fourth-order valence-corrected chi connectivity index (χ4v) is 1.76. The summed E-state index contributed by atoms with van der Waals surface area (Å²) in [4.78, 5) is 22.3. The number of carbonyl (C=O) groups is 2. The second kappa shape index (κ2) is 6.03. The molecule has 0 fully saturated rings. The highest BCUT2D eigenvalue weighted by Gasteiger charge is 2.19. The molecule has 1 rings (SSSR count). The third-order valence-corrected chi connectivity index (χ3v) is 3.03. The molecule has 88 valence electrons. The van der Waals surface area contributed by atoms with Gasteiger partial charge in [-0.15, -0.1) is 0 Å². The van der Waals surface area contributed by atoms with Crippen molar-refractivity contribution < 1.29 is 19.1 Å². The number of aromatic nitrogens is 1. The molecule has 0 saturated heterocycles. The Labute approximate surface area is 105 Å². The van der Waals surface area contributed by atoms with Crippen molar-refractivity contribution in [3.63, 3.8) is 0 Å². The summed E-state index contributed by atoms with van der Waals surface area (Å²) in [5, 5.41) is 0.0283. The first-order valence-electron chi connectivity index (χ1n) is 4.19. The van der Waals surface area contributed by atoms with Crippen LogP contribution < -0.4 is 0 Å². The van der Waals surface area contributed by atoms with Crippen LogP contribution in [0.1, 0.15) is 17.4 Å². The minimum atomic E-state index is -0.804. The van der Waals surface area contributed by atoms with Crippen LogP contribution in [0.15, 0.2) is 0 Å². The molecule has 0 unspecified atom stereocenters. The highest BCUT2D eigenvalue weighted by atomic mass is 35.5. The molecule has 0 aromatic carbocycles. The quantitative estimate of drug-likeness (QED) is 0.793. The van der Waals surface area contributed by atoms with Gasteiger partial charge in [0.05, 0.1) is 6.61 Å². The number of halogens is 2. The van der Waals surface area contributed by atoms with Crippen LogP contribution in [0.4, 0.5) is 0 Å². The minimum absolute atomic E-state index is 0.0283. The van der Waals surface area contributed by atoms with E-state index in [1.807, 2.05) is 0 Å². The van der Waals surface area contributed by atoms with Crippen molar-refractivity contribution in [1.29, 1.82) is 0 Å². The maximum absolute atomic E-state index is 11.4. The van der Waals surface area contributed by atoms with Crippen LogP contribution in [0.25, 0.3) is 0 Å². The summed E-state index contributed by atoms with van der Waals surface area (Å²) < 4.78 is 13.1. The van der Waals surface area contributed by atoms with Crippen molar-refractivity contribution in [3.05, 3.63) is 15.1 Å². The van der Waals surface area contributed by atoms with Gasteiger partial charge in [-0.25, -0.2) is 9.59 Å². The van der Waals surface area contributed by atoms with Gasteiger partial charge in [-0.05, 0) is 18.5 Å². The van der Waals surface area contributed by atoms with E-state index in [0.717, 1.165) is 11.5 Å². The predicted molar refractivity (Wildman–Crippen MR) is 59.0 cm³/mol. The van der Waals surface area contributed by atoms with Gasteiger partial charge in [0.1, 0.15) is 9.36 Å². The molecule has 0 amide bonds. The smallest absolute Gasteiger partial charge is 0.360 e. The van der Waals surface area contributed by atoms with E-state index in [1.54, 1.807) is 6.92 Å². The van der Waals surface area contributed by atoms with Crippen LogP contribution in [0.2, 0.25) is 9.36 Å². The van der Waals surface area contributed by atoms with E-state index in [0.29, 0.717) is 0 Å². The summed E-state index contributed by atoms with van der Waals surface area (Å²) in [6, 6.07) is 0. The van der Waals surface area contributed by atoms with Gasteiger partial charge in [-0.2, -0.15) is 4.37 Å². The molecule has 5 nitrogen and oxygen atoms in total. The normalized spacial score (nSPS) is 9.94. The van der Waals surface area contributed by atoms with E-state index < -0.39 is 18.5 Å². The Kier molecular flexibility index (Phi) is 4.98. The molecule has 0 bridgehead atoms. The molecular weight excluding hydrogens is 277 g/mol. The Bertz CT molecular complexity index is 407. The highest BCUT2D eigenvalue weighted by Crippen LogP contribution is 2.29. The van der Waals surface area contributed by atoms with Gasteiger partial charge in [0.25, 0.3) is 0 Å². The second-order valence-corrected chi connectivity index (χ2v) is 4.25. The maximum atomic E-state index is 11.4. The van der Waals surface area contributed by atoms with Crippen molar-refractivity contribution >= 4 is 46.7 Å². The molecule has 1 heterocycles. The lowest BCUT2D eigenvalue weighted by atomic mass is 10.4. The Morgan fingerprint density at radius 3 is 2.56 bits per heavy atom. The van der Waals surface area contributed by atoms with E-state index >= 15 is 0 Å². The maximum Gasteiger partial charge on any atom is 0.360 e. The standard InChI is InChI=1S/C8H7Cl2NO4S/c1-2-14-4(12)3-15-8(13)6-5(9)7(10)16-11-6/h2-3H2,1H3. The third kappa shape index (κ3) is 3.33. The number of carbonyl (C=O) groups excluding carboxylic acids is 2. The first kappa shape index (κ1) is 13.2. The molecule has 0 spiro atoms. The van der Waals surface area contributed by atoms with Gasteiger partial charge in [0, 0.05) is 0 Å². The molecule has 0 saturated carbocycles. The number of rotatable bonds is 4. The predicted octanol–water partition coefficient (Wildman–Crippen LogP) is 2.17. The Balaban J connectivity index is 2.53. The van der Waals surface area contributed by atoms with Crippen molar-refractivity contribution in [2.24, 2.45) is 0 Å². The number of nitrogens with zero attached hydrogens (tertiary/aromatic N) is 1. The summed E-state index contributed by atoms with van der Waals surface area (Å²) in [5.41, 5.74) is -0.0963. The molecule has 16 heavy (non-hydrogen) atoms. The zero-order chi connectivity index (χ0) is 12.1. The van der Waals surface area contributed by atoms with Crippen LogP contribution in [-0.4, -0.2) is 29.5 Å². The second-order valence-electron chi connectivity index (χ2n) is 2.50. The van der Waals surface area contributed by atoms with Gasteiger partial charge in [-0.1, -0.05) is 23.2 Å². The SMILES string of the molecule is CCOC(=O)COC(=O)c1nsc(Cl)c1Cl. The van der Waals surface area contributed by atoms with E-state index in [4.69, 9.17) is 23.2 Å². The van der Waals surface area contributed by atoms with E-state index in [2.05, 4.69) is 13.8 Å². The Morgan fingerprint density at radius 1 is 1.38 bits per heavy atom. The lowest BCUT2D eigenvalue weighted by Gasteiger charge is -2.02. The first-order valence-corrected chi connectivity index (χ1v) is 5.72. The van der Waals surface area contributed by atoms with Gasteiger partial charge in [0.15, 0.2) is 12.3 Å². The lowest BCUT2D eigenvalue weighted by molar-refractivity contribution is -0.146. The van der Waals surface area contributed by atoms with Crippen molar-refractivity contribution in [2.45, 2.75) is 6.92 Å². The monoisotopic (exact) mass is 283 g/mol. The molecule has 0 N–H and O–H groups in total. The molecule has 0 atom stereocenters. The number of ether oxygens (including phenoxy) is 2. The largest absolute Gasteiger partial charge is 0.463 e. The van der Waals surface area contributed by atoms with Crippen LogP contribution in [0.5, 0.6) is 0 Å². The van der Waals surface area contributed by atoms with Gasteiger partial charge in [-0.3, -0.25) is 0 Å². The van der Waals surface area contributed by atoms with Crippen molar-refractivity contribution in [1.82, 2.24) is 4.37 Å². The summed E-state index contributed by atoms with van der Waals surface area (Å²) in [6.45, 7) is 1.40. The Hall–Kier alpha value is -0.850. The van der Waals surface area contributed by atoms with Crippen LogP contribution in [0, 0.1) is 0 Å². The fraction of sp³-hybridized carbons (Fsp3) is 0.375. The molecular formula is C8H7Cl2NO4S. The Morgan fingerprint density at radius 2 is 2.06 bits per heavy atom. The third-order valence-electron chi connectivity index (χ3n) is 1.42. The average Bonchev–Trinajstić information content (AvgIpc) is 2.57. The van der Waals surface area contributed by atoms with Gasteiger partial charge in [0.2, 0.25) is 0 Å². The average molecular weight is 284 g/mol. The van der Waals surface area contributed by atoms with Gasteiger partial charge >= 0.3 is 11.9 Å². The first-order chi connectivity index (χ1) is 7.56. The molecule has 8 heteroatoms. The topological polar surface area (TPSA) is 65.5 Å². The summed E-state index contributed by atoms with van der Waals surface area (Å²) in [7, 11) is 0. The molecule has 1 aromatic rings. The number of hydrogen-bond donors (Lipinski definition) is 0. The van der Waals surface area contributed by atoms with E-state index in [1.165, 1.54) is 0 Å². The van der Waals surface area contributed by atoms with Crippen LogP contribution in [-0.2, 0) is 14.3 Å². The van der Waals surface area contributed by atoms with E-state index in [-0.39, 0.29) is 21.7 Å². The van der Waals surface area contributed by atoms with Crippen LogP contribution in [0.3, 0.4) is 0 Å². The van der Waals surface area contributed by atoms with Crippen LogP contribution >= 0.6 is 34.7 Å². The fourth-order valence-electron chi connectivity index (χ4n) is 0.781. The molecule has 0 aliphatic heterocycles. The zero-order valence-electron chi connectivity index (χ0n) is 8.16. The summed E-state index contributed by atoms with van der Waals surface area (Å²) >= 11 is 12.2. The molecule has 0 aliphatic carbocycles. The number of hydrogen-bond acceptors (Lipinski definition) is 6. The van der Waals surface area contributed by atoms with Gasteiger partial charge < -0.3 is 9.47 Å². The number of esters is 2. The molecule has 0 aliphatic rings. The lowest BCUT2D eigenvalue weighted by Crippen LogP contribution is -2.16. The zero-order valence-corrected chi connectivity index (χ0v) is 10.5. The van der Waals surface area contributed by atoms with Crippen molar-refractivity contribution in [3.8, 4) is 0 Å². The minimum Gasteiger partial charge on any atom is -0.463 e. The summed E-state index contributed by atoms with van der Waals surface area (Å²) in [5.74, 6) is -1.44. The van der Waals surface area contributed by atoms with Crippen molar-refractivity contribution in [2.75, 3.05) is 13.2 Å². The molecule has 0 radical (unpaired) electrons. The van der Waals surface area contributed by atoms with E-state index in [9.17, 15) is 9.59 Å². The molecule has 1 aromatic heterocycles. The summed E-state index contributed by atoms with van der Waals surface area (Å²) in [6.07, 6.45) is 0. The highest BCUT2D eigenvalue weighted by molar-refractivity contribution is 7.11.